The lowest BCUT2D eigenvalue weighted by atomic mass is 9.79. The van der Waals surface area contributed by atoms with Crippen LogP contribution in [0.25, 0.3) is 0 Å². The van der Waals surface area contributed by atoms with Gasteiger partial charge in [-0.25, -0.2) is 0 Å². The largest absolute Gasteiger partial charge is 0.468 e. The van der Waals surface area contributed by atoms with Crippen molar-refractivity contribution < 1.29 is 9.53 Å². The van der Waals surface area contributed by atoms with Crippen LogP contribution in [0.3, 0.4) is 0 Å². The van der Waals surface area contributed by atoms with Gasteiger partial charge in [-0.15, -0.1) is 0 Å². The van der Waals surface area contributed by atoms with E-state index in [4.69, 9.17) is 0 Å². The minimum absolute atomic E-state index is 0.134. The van der Waals surface area contributed by atoms with Crippen LogP contribution in [0.5, 0.6) is 0 Å². The molecule has 0 aliphatic heterocycles. The lowest BCUT2D eigenvalue weighted by Gasteiger charge is -2.31. The lowest BCUT2D eigenvalue weighted by molar-refractivity contribution is -0.139. The molecular formula is C13H21NO2. The Morgan fingerprint density at radius 3 is 2.88 bits per heavy atom. The number of hydrogen-bond acceptors (Lipinski definition) is 3. The summed E-state index contributed by atoms with van der Waals surface area (Å²) < 4.78 is 4.68. The highest BCUT2D eigenvalue weighted by Gasteiger charge is 2.53. The van der Waals surface area contributed by atoms with Crippen molar-refractivity contribution in [1.29, 1.82) is 0 Å². The Kier molecular flexibility index (Phi) is 2.66. The molecule has 3 aliphatic carbocycles. The molecule has 5 atom stereocenters. The molecule has 0 amide bonds. The summed E-state index contributed by atoms with van der Waals surface area (Å²) >= 11 is 0. The number of carbonyl (C=O) groups excluding carboxylic acids is 1. The van der Waals surface area contributed by atoms with E-state index in [0.717, 1.165) is 23.7 Å². The summed E-state index contributed by atoms with van der Waals surface area (Å²) in [6.45, 7) is 0.391. The van der Waals surface area contributed by atoms with Crippen LogP contribution in [-0.4, -0.2) is 25.7 Å². The number of carbonyl (C=O) groups is 1. The van der Waals surface area contributed by atoms with Crippen molar-refractivity contribution in [2.45, 2.75) is 38.1 Å². The summed E-state index contributed by atoms with van der Waals surface area (Å²) in [5, 5.41) is 3.40. The number of hydrogen-bond donors (Lipinski definition) is 1. The Morgan fingerprint density at radius 1 is 1.25 bits per heavy atom. The lowest BCUT2D eigenvalue weighted by Crippen LogP contribution is -2.41. The molecule has 0 saturated heterocycles. The highest BCUT2D eigenvalue weighted by molar-refractivity contribution is 5.71. The third-order valence-electron chi connectivity index (χ3n) is 5.16. The quantitative estimate of drug-likeness (QED) is 0.738. The van der Waals surface area contributed by atoms with Gasteiger partial charge in [0.15, 0.2) is 0 Å². The van der Waals surface area contributed by atoms with Gasteiger partial charge in [-0.05, 0) is 49.4 Å². The molecule has 3 heteroatoms. The summed E-state index contributed by atoms with van der Waals surface area (Å²) in [4.78, 5) is 11.1. The van der Waals surface area contributed by atoms with Crippen molar-refractivity contribution in [3.05, 3.63) is 0 Å². The minimum atomic E-state index is -0.134. The molecule has 0 aromatic carbocycles. The monoisotopic (exact) mass is 223 g/mol. The molecule has 0 heterocycles. The zero-order chi connectivity index (χ0) is 11.1. The summed E-state index contributed by atoms with van der Waals surface area (Å²) in [6, 6.07) is 0.587. The van der Waals surface area contributed by atoms with Gasteiger partial charge in [-0.3, -0.25) is 4.79 Å². The molecular weight excluding hydrogens is 202 g/mol. The predicted molar refractivity (Wildman–Crippen MR) is 60.9 cm³/mol. The van der Waals surface area contributed by atoms with Crippen LogP contribution in [0.15, 0.2) is 0 Å². The molecule has 1 N–H and O–H groups in total. The third kappa shape index (κ3) is 1.56. The Labute approximate surface area is 96.9 Å². The van der Waals surface area contributed by atoms with E-state index >= 15 is 0 Å². The average Bonchev–Trinajstić information content (AvgIpc) is 2.96. The normalized spacial score (nSPS) is 44.7. The molecule has 5 unspecified atom stereocenters. The summed E-state index contributed by atoms with van der Waals surface area (Å²) in [5.41, 5.74) is 0. The summed E-state index contributed by atoms with van der Waals surface area (Å²) in [6.07, 6.45) is 7.04. The highest BCUT2D eigenvalue weighted by atomic mass is 16.5. The van der Waals surface area contributed by atoms with Gasteiger partial charge in [0, 0.05) is 6.04 Å². The maximum absolute atomic E-state index is 11.1. The van der Waals surface area contributed by atoms with E-state index in [1.165, 1.54) is 39.2 Å². The first-order valence-electron chi connectivity index (χ1n) is 6.60. The van der Waals surface area contributed by atoms with Crippen molar-refractivity contribution in [1.82, 2.24) is 5.32 Å². The first-order valence-corrected chi connectivity index (χ1v) is 6.60. The Bertz CT molecular complexity index is 292. The molecule has 2 bridgehead atoms. The number of rotatable bonds is 3. The average molecular weight is 223 g/mol. The number of methoxy groups -OCH3 is 1. The Balaban J connectivity index is 1.57. The van der Waals surface area contributed by atoms with Crippen LogP contribution in [0.1, 0.15) is 32.1 Å². The fraction of sp³-hybridized carbons (Fsp3) is 0.923. The highest BCUT2D eigenvalue weighted by Crippen LogP contribution is 2.58. The second-order valence-corrected chi connectivity index (χ2v) is 5.72. The molecule has 90 valence electrons. The molecule has 0 spiro atoms. The van der Waals surface area contributed by atoms with Gasteiger partial charge in [0.25, 0.3) is 0 Å². The Morgan fingerprint density at radius 2 is 2.06 bits per heavy atom. The van der Waals surface area contributed by atoms with Gasteiger partial charge >= 0.3 is 5.97 Å². The molecule has 0 aromatic heterocycles. The van der Waals surface area contributed by atoms with Gasteiger partial charge < -0.3 is 10.1 Å². The van der Waals surface area contributed by atoms with Crippen molar-refractivity contribution in [3.8, 4) is 0 Å². The van der Waals surface area contributed by atoms with Crippen LogP contribution >= 0.6 is 0 Å². The van der Waals surface area contributed by atoms with Gasteiger partial charge in [0.05, 0.1) is 13.7 Å². The topological polar surface area (TPSA) is 38.3 Å². The van der Waals surface area contributed by atoms with Crippen molar-refractivity contribution in [2.75, 3.05) is 13.7 Å². The van der Waals surface area contributed by atoms with E-state index < -0.39 is 0 Å². The van der Waals surface area contributed by atoms with Crippen molar-refractivity contribution in [3.63, 3.8) is 0 Å². The molecule has 16 heavy (non-hydrogen) atoms. The summed E-state index contributed by atoms with van der Waals surface area (Å²) in [7, 11) is 1.46. The Hall–Kier alpha value is -0.570. The van der Waals surface area contributed by atoms with Crippen LogP contribution in [0.2, 0.25) is 0 Å². The van der Waals surface area contributed by atoms with Crippen LogP contribution < -0.4 is 5.32 Å². The number of ether oxygens (including phenoxy) is 1. The van der Waals surface area contributed by atoms with Gasteiger partial charge in [0.2, 0.25) is 0 Å². The number of fused-ring (bicyclic) bond motifs is 5. The van der Waals surface area contributed by atoms with Crippen LogP contribution in [0.4, 0.5) is 0 Å². The smallest absolute Gasteiger partial charge is 0.319 e. The molecule has 3 aliphatic rings. The molecule has 3 saturated carbocycles. The SMILES string of the molecule is COC(=O)CNC1CC2CC1C1CCCC21. The molecule has 0 radical (unpaired) electrons. The van der Waals surface area contributed by atoms with Crippen LogP contribution in [0, 0.1) is 23.7 Å². The molecule has 0 aromatic rings. The first-order chi connectivity index (χ1) is 7.79. The van der Waals surface area contributed by atoms with E-state index in [1.807, 2.05) is 0 Å². The second kappa shape index (κ2) is 4.02. The summed E-state index contributed by atoms with van der Waals surface area (Å²) in [5.74, 6) is 3.66. The maximum atomic E-state index is 11.1. The zero-order valence-corrected chi connectivity index (χ0v) is 9.95. The molecule has 3 rings (SSSR count). The van der Waals surface area contributed by atoms with E-state index in [9.17, 15) is 4.79 Å². The van der Waals surface area contributed by atoms with E-state index in [2.05, 4.69) is 10.1 Å². The van der Waals surface area contributed by atoms with Gasteiger partial charge in [0.1, 0.15) is 0 Å². The fourth-order valence-electron chi connectivity index (χ4n) is 4.59. The minimum Gasteiger partial charge on any atom is -0.468 e. The van der Waals surface area contributed by atoms with E-state index in [1.54, 1.807) is 0 Å². The second-order valence-electron chi connectivity index (χ2n) is 5.72. The number of nitrogens with one attached hydrogen (secondary N) is 1. The van der Waals surface area contributed by atoms with Gasteiger partial charge in [-0.2, -0.15) is 0 Å². The zero-order valence-electron chi connectivity index (χ0n) is 9.95. The number of esters is 1. The van der Waals surface area contributed by atoms with Crippen molar-refractivity contribution in [2.24, 2.45) is 23.7 Å². The van der Waals surface area contributed by atoms with Crippen molar-refractivity contribution >= 4 is 5.97 Å². The predicted octanol–water partition coefficient (Wildman–Crippen LogP) is 1.57. The van der Waals surface area contributed by atoms with E-state index in [0.29, 0.717) is 12.6 Å². The standard InChI is InChI=1S/C13H21NO2/c1-16-13(15)7-14-12-6-8-5-11(12)10-4-2-3-9(8)10/h8-12,14H,2-7H2,1H3. The third-order valence-corrected chi connectivity index (χ3v) is 5.16. The van der Waals surface area contributed by atoms with E-state index in [-0.39, 0.29) is 5.97 Å². The molecule has 3 nitrogen and oxygen atoms in total. The van der Waals surface area contributed by atoms with Crippen LogP contribution in [-0.2, 0) is 9.53 Å². The fourth-order valence-corrected chi connectivity index (χ4v) is 4.59. The molecule has 3 fully saturated rings. The maximum Gasteiger partial charge on any atom is 0.319 e. The van der Waals surface area contributed by atoms with Gasteiger partial charge in [-0.1, -0.05) is 6.42 Å². The first kappa shape index (κ1) is 10.6.